The van der Waals surface area contributed by atoms with Gasteiger partial charge >= 0.3 is 6.09 Å². The minimum atomic E-state index is -0.459. The summed E-state index contributed by atoms with van der Waals surface area (Å²) in [5.74, 6) is -0.310. The highest BCUT2D eigenvalue weighted by molar-refractivity contribution is 5.92. The maximum atomic E-state index is 13.4. The Morgan fingerprint density at radius 2 is 1.46 bits per heavy atom. The van der Waals surface area contributed by atoms with Gasteiger partial charge in [0.1, 0.15) is 6.61 Å². The van der Waals surface area contributed by atoms with Gasteiger partial charge in [-0.25, -0.2) is 4.79 Å². The highest BCUT2D eigenvalue weighted by Crippen LogP contribution is 2.43. The van der Waals surface area contributed by atoms with Gasteiger partial charge in [-0.2, -0.15) is 0 Å². The second kappa shape index (κ2) is 16.8. The van der Waals surface area contributed by atoms with Crippen molar-refractivity contribution in [2.45, 2.75) is 88.8 Å². The number of nitrogens with zero attached hydrogens (tertiary/aromatic N) is 3. The smallest absolute Gasteiger partial charge is 0.410 e. The Kier molecular flexibility index (Phi) is 12.3. The molecule has 1 heterocycles. The molecular weight excluding hydrogens is 600 g/mol. The third-order valence-corrected chi connectivity index (χ3v) is 10.6. The molecule has 0 atom stereocenters. The lowest BCUT2D eigenvalue weighted by molar-refractivity contribution is -0.133. The SMILES string of the molecule is CCCN(C(=O)Cc1ccc(C(N)=O)cc1)C1CCN(CCC2(c3ccccc3)CCC(N(C)C(=O)OCc3ccccc3)CC2)CC1. The Hall–Kier alpha value is -4.17. The molecule has 8 nitrogen and oxygen atoms in total. The number of piperidine rings is 1. The maximum Gasteiger partial charge on any atom is 0.410 e. The fourth-order valence-corrected chi connectivity index (χ4v) is 7.63. The van der Waals surface area contributed by atoms with Crippen LogP contribution in [0.15, 0.2) is 84.9 Å². The fourth-order valence-electron chi connectivity index (χ4n) is 7.63. The van der Waals surface area contributed by atoms with Gasteiger partial charge < -0.3 is 25.2 Å². The standard InChI is InChI=1S/C40H52N4O4/c1-3-25-44(37(45)29-31-14-16-33(17-15-31)38(41)46)36-20-26-43(27-21-36)28-24-40(34-12-8-5-9-13-34)22-18-35(19-23-40)42(2)39(47)48-30-32-10-6-4-7-11-32/h4-17,35-36H,3,18-30H2,1-2H3,(H2,41,46). The Morgan fingerprint density at radius 1 is 0.833 bits per heavy atom. The van der Waals surface area contributed by atoms with Crippen LogP contribution in [0.2, 0.25) is 0 Å². The number of ether oxygens (including phenoxy) is 1. The Bertz CT molecular complexity index is 1460. The second-order valence-electron chi connectivity index (χ2n) is 13.7. The number of amides is 3. The van der Waals surface area contributed by atoms with E-state index in [1.807, 2.05) is 54.4 Å². The predicted octanol–water partition coefficient (Wildman–Crippen LogP) is 6.57. The highest BCUT2D eigenvalue weighted by atomic mass is 16.6. The number of primary amides is 1. The lowest BCUT2D eigenvalue weighted by Gasteiger charge is -2.45. The predicted molar refractivity (Wildman–Crippen MR) is 190 cm³/mol. The molecule has 3 aromatic carbocycles. The van der Waals surface area contributed by atoms with Crippen LogP contribution in [0.25, 0.3) is 0 Å². The normalized spacial score (nSPS) is 20.2. The molecular formula is C40H52N4O4. The number of carbonyl (C=O) groups is 3. The van der Waals surface area contributed by atoms with Gasteiger partial charge in [-0.1, -0.05) is 79.7 Å². The van der Waals surface area contributed by atoms with Crippen molar-refractivity contribution < 1.29 is 19.1 Å². The van der Waals surface area contributed by atoms with E-state index >= 15 is 0 Å². The van der Waals surface area contributed by atoms with Crippen molar-refractivity contribution in [3.63, 3.8) is 0 Å². The van der Waals surface area contributed by atoms with Crippen LogP contribution in [0.5, 0.6) is 0 Å². The lowest BCUT2D eigenvalue weighted by Crippen LogP contribution is -2.49. The first-order chi connectivity index (χ1) is 23.3. The molecule has 0 aromatic heterocycles. The molecule has 0 radical (unpaired) electrons. The van der Waals surface area contributed by atoms with E-state index < -0.39 is 5.91 Å². The van der Waals surface area contributed by atoms with Gasteiger partial charge in [-0.3, -0.25) is 9.59 Å². The number of rotatable bonds is 13. The van der Waals surface area contributed by atoms with Crippen LogP contribution >= 0.6 is 0 Å². The molecule has 1 saturated carbocycles. The molecule has 1 saturated heterocycles. The minimum Gasteiger partial charge on any atom is -0.445 e. The van der Waals surface area contributed by atoms with Crippen molar-refractivity contribution in [1.29, 1.82) is 0 Å². The molecule has 0 unspecified atom stereocenters. The zero-order valence-corrected chi connectivity index (χ0v) is 28.7. The van der Waals surface area contributed by atoms with Crippen molar-refractivity contribution in [3.8, 4) is 0 Å². The van der Waals surface area contributed by atoms with E-state index in [9.17, 15) is 14.4 Å². The van der Waals surface area contributed by atoms with E-state index in [0.717, 1.165) is 88.7 Å². The molecule has 8 heteroatoms. The van der Waals surface area contributed by atoms with Crippen LogP contribution < -0.4 is 5.73 Å². The van der Waals surface area contributed by atoms with Crippen LogP contribution in [-0.4, -0.2) is 77.9 Å². The third kappa shape index (κ3) is 9.04. The Morgan fingerprint density at radius 3 is 2.06 bits per heavy atom. The van der Waals surface area contributed by atoms with E-state index in [4.69, 9.17) is 10.5 Å². The molecule has 3 amide bonds. The van der Waals surface area contributed by atoms with E-state index in [1.54, 1.807) is 12.1 Å². The number of hydrogen-bond acceptors (Lipinski definition) is 5. The average molecular weight is 653 g/mol. The van der Waals surface area contributed by atoms with Crippen LogP contribution in [0.3, 0.4) is 0 Å². The summed E-state index contributed by atoms with van der Waals surface area (Å²) >= 11 is 0. The number of nitrogens with two attached hydrogens (primary N) is 1. The summed E-state index contributed by atoms with van der Waals surface area (Å²) in [4.78, 5) is 44.3. The molecule has 3 aromatic rings. The Labute approximate surface area is 286 Å². The topological polar surface area (TPSA) is 96.2 Å². The maximum absolute atomic E-state index is 13.4. The molecule has 256 valence electrons. The van der Waals surface area contributed by atoms with Gasteiger partial charge in [-0.15, -0.1) is 0 Å². The highest BCUT2D eigenvalue weighted by Gasteiger charge is 2.39. The minimum absolute atomic E-state index is 0.0810. The largest absolute Gasteiger partial charge is 0.445 e. The first-order valence-electron chi connectivity index (χ1n) is 17.7. The van der Waals surface area contributed by atoms with Crippen molar-refractivity contribution in [2.75, 3.05) is 33.2 Å². The monoisotopic (exact) mass is 652 g/mol. The zero-order valence-electron chi connectivity index (χ0n) is 28.7. The average Bonchev–Trinajstić information content (AvgIpc) is 3.13. The summed E-state index contributed by atoms with van der Waals surface area (Å²) in [6.45, 7) is 6.16. The first kappa shape index (κ1) is 35.1. The van der Waals surface area contributed by atoms with Gasteiger partial charge in [0.2, 0.25) is 11.8 Å². The first-order valence-corrected chi connectivity index (χ1v) is 17.7. The second-order valence-corrected chi connectivity index (χ2v) is 13.7. The van der Waals surface area contributed by atoms with E-state index in [1.165, 1.54) is 5.56 Å². The van der Waals surface area contributed by atoms with Crippen molar-refractivity contribution in [3.05, 3.63) is 107 Å². The van der Waals surface area contributed by atoms with Crippen molar-refractivity contribution in [2.24, 2.45) is 5.73 Å². The van der Waals surface area contributed by atoms with Crippen LogP contribution in [-0.2, 0) is 28.0 Å². The van der Waals surface area contributed by atoms with Crippen molar-refractivity contribution >= 4 is 17.9 Å². The van der Waals surface area contributed by atoms with Crippen molar-refractivity contribution in [1.82, 2.24) is 14.7 Å². The van der Waals surface area contributed by atoms with E-state index in [-0.39, 0.29) is 36.1 Å². The summed E-state index contributed by atoms with van der Waals surface area (Å²) in [6.07, 6.45) is 8.01. The zero-order chi connectivity index (χ0) is 33.9. The lowest BCUT2D eigenvalue weighted by atomic mass is 9.66. The molecule has 48 heavy (non-hydrogen) atoms. The van der Waals surface area contributed by atoms with Crippen LogP contribution in [0, 0.1) is 0 Å². The summed E-state index contributed by atoms with van der Waals surface area (Å²) in [7, 11) is 1.88. The van der Waals surface area contributed by atoms with E-state index in [0.29, 0.717) is 12.0 Å². The van der Waals surface area contributed by atoms with Gasteiger partial charge in [0.05, 0.1) is 6.42 Å². The summed E-state index contributed by atoms with van der Waals surface area (Å²) in [5.41, 5.74) is 9.21. The van der Waals surface area contributed by atoms with Gasteiger partial charge in [0.25, 0.3) is 0 Å². The third-order valence-electron chi connectivity index (χ3n) is 10.6. The van der Waals surface area contributed by atoms with Gasteiger partial charge in [0, 0.05) is 44.3 Å². The fraction of sp³-hybridized carbons (Fsp3) is 0.475. The van der Waals surface area contributed by atoms with E-state index in [2.05, 4.69) is 47.1 Å². The summed E-state index contributed by atoms with van der Waals surface area (Å²) < 4.78 is 5.64. The van der Waals surface area contributed by atoms with Crippen LogP contribution in [0.1, 0.15) is 85.3 Å². The molecule has 2 aliphatic rings. The molecule has 5 rings (SSSR count). The van der Waals surface area contributed by atoms with Crippen LogP contribution in [0.4, 0.5) is 4.79 Å². The molecule has 1 aliphatic carbocycles. The number of benzene rings is 3. The molecule has 0 bridgehead atoms. The molecule has 2 N–H and O–H groups in total. The number of carbonyl (C=O) groups excluding carboxylic acids is 3. The summed E-state index contributed by atoms with van der Waals surface area (Å²) in [5, 5.41) is 0. The summed E-state index contributed by atoms with van der Waals surface area (Å²) in [6, 6.07) is 28.2. The number of hydrogen-bond donors (Lipinski definition) is 1. The Balaban J connectivity index is 1.14. The molecule has 1 aliphatic heterocycles. The van der Waals surface area contributed by atoms with Gasteiger partial charge in [-0.05, 0) is 92.1 Å². The quantitative estimate of drug-likeness (QED) is 0.225. The van der Waals surface area contributed by atoms with Gasteiger partial charge in [0.15, 0.2) is 0 Å². The molecule has 2 fully saturated rings. The number of likely N-dealkylation sites (tertiary alicyclic amines) is 1. The molecule has 0 spiro atoms.